The van der Waals surface area contributed by atoms with Gasteiger partial charge in [0.1, 0.15) is 5.82 Å². The quantitative estimate of drug-likeness (QED) is 0.693. The molecule has 140 valence electrons. The zero-order valence-electron chi connectivity index (χ0n) is 14.8. The molecule has 27 heavy (non-hydrogen) atoms. The van der Waals surface area contributed by atoms with Gasteiger partial charge in [-0.15, -0.1) is 10.2 Å². The standard InChI is InChI=1S/C18H16FN3O4S/c1-24-13-8-10(9-14(25-2)15(13)26-3)16(23)20-18-22-21-17(27-18)11-6-4-5-7-12(11)19/h4-9H,1-3H3,(H,20,22,23). The van der Waals surface area contributed by atoms with Gasteiger partial charge in [0, 0.05) is 11.1 Å². The van der Waals surface area contributed by atoms with Crippen LogP contribution in [0.1, 0.15) is 10.4 Å². The molecule has 7 nitrogen and oxygen atoms in total. The molecule has 0 aliphatic heterocycles. The summed E-state index contributed by atoms with van der Waals surface area (Å²) in [6, 6.07) is 9.28. The SMILES string of the molecule is COc1cc(C(=O)Nc2nnc(-c3ccccc3F)s2)cc(OC)c1OC. The van der Waals surface area contributed by atoms with Crippen molar-refractivity contribution in [2.24, 2.45) is 0 Å². The highest BCUT2D eigenvalue weighted by Gasteiger charge is 2.18. The van der Waals surface area contributed by atoms with Crippen molar-refractivity contribution in [3.8, 4) is 27.8 Å². The monoisotopic (exact) mass is 389 g/mol. The maximum atomic E-state index is 13.9. The fourth-order valence-corrected chi connectivity index (χ4v) is 3.16. The summed E-state index contributed by atoms with van der Waals surface area (Å²) in [5, 5.41) is 11.1. The molecule has 0 atom stereocenters. The number of ether oxygens (including phenoxy) is 3. The molecule has 0 aliphatic rings. The largest absolute Gasteiger partial charge is 0.493 e. The van der Waals surface area contributed by atoms with E-state index in [1.807, 2.05) is 0 Å². The number of methoxy groups -OCH3 is 3. The maximum Gasteiger partial charge on any atom is 0.257 e. The first-order valence-electron chi connectivity index (χ1n) is 7.77. The van der Waals surface area contributed by atoms with Crippen molar-refractivity contribution in [1.82, 2.24) is 10.2 Å². The number of halogens is 1. The number of nitrogens with zero attached hydrogens (tertiary/aromatic N) is 2. The maximum absolute atomic E-state index is 13.9. The molecule has 3 rings (SSSR count). The Morgan fingerprint density at radius 2 is 1.70 bits per heavy atom. The third kappa shape index (κ3) is 3.82. The lowest BCUT2D eigenvalue weighted by molar-refractivity contribution is 0.102. The Labute approximate surface area is 158 Å². The molecular formula is C18H16FN3O4S. The van der Waals surface area contributed by atoms with E-state index in [9.17, 15) is 9.18 Å². The summed E-state index contributed by atoms with van der Waals surface area (Å²) < 4.78 is 29.6. The number of anilines is 1. The summed E-state index contributed by atoms with van der Waals surface area (Å²) in [7, 11) is 4.40. The molecule has 0 aliphatic carbocycles. The van der Waals surface area contributed by atoms with Crippen LogP contribution in [0.25, 0.3) is 10.6 Å². The Morgan fingerprint density at radius 1 is 1.04 bits per heavy atom. The summed E-state index contributed by atoms with van der Waals surface area (Å²) >= 11 is 1.07. The van der Waals surface area contributed by atoms with Gasteiger partial charge in [0.15, 0.2) is 16.5 Å². The molecule has 0 unspecified atom stereocenters. The van der Waals surface area contributed by atoms with Crippen molar-refractivity contribution in [3.05, 3.63) is 47.8 Å². The fourth-order valence-electron chi connectivity index (χ4n) is 2.40. The Hall–Kier alpha value is -3.20. The lowest BCUT2D eigenvalue weighted by Crippen LogP contribution is -2.12. The topological polar surface area (TPSA) is 82.6 Å². The molecular weight excluding hydrogens is 373 g/mol. The van der Waals surface area contributed by atoms with Gasteiger partial charge in [-0.1, -0.05) is 23.5 Å². The number of hydrogen-bond acceptors (Lipinski definition) is 7. The van der Waals surface area contributed by atoms with Gasteiger partial charge >= 0.3 is 0 Å². The van der Waals surface area contributed by atoms with Gasteiger partial charge in [0.05, 0.1) is 21.3 Å². The van der Waals surface area contributed by atoms with E-state index in [-0.39, 0.29) is 10.7 Å². The zero-order valence-corrected chi connectivity index (χ0v) is 15.6. The van der Waals surface area contributed by atoms with Crippen LogP contribution in [0.15, 0.2) is 36.4 Å². The van der Waals surface area contributed by atoms with Gasteiger partial charge in [0.25, 0.3) is 5.91 Å². The van der Waals surface area contributed by atoms with E-state index in [2.05, 4.69) is 15.5 Å². The van der Waals surface area contributed by atoms with E-state index < -0.39 is 11.7 Å². The average Bonchev–Trinajstić information content (AvgIpc) is 3.15. The number of amides is 1. The molecule has 2 aromatic carbocycles. The van der Waals surface area contributed by atoms with Crippen molar-refractivity contribution in [2.45, 2.75) is 0 Å². The highest BCUT2D eigenvalue weighted by Crippen LogP contribution is 2.38. The van der Waals surface area contributed by atoms with Crippen LogP contribution in [0, 0.1) is 5.82 Å². The summed E-state index contributed by atoms with van der Waals surface area (Å²) in [5.41, 5.74) is 0.607. The van der Waals surface area contributed by atoms with E-state index in [1.54, 1.807) is 18.2 Å². The summed E-state index contributed by atoms with van der Waals surface area (Å²) in [4.78, 5) is 12.6. The fraction of sp³-hybridized carbons (Fsp3) is 0.167. The lowest BCUT2D eigenvalue weighted by Gasteiger charge is -2.13. The van der Waals surface area contributed by atoms with Crippen molar-refractivity contribution < 1.29 is 23.4 Å². The highest BCUT2D eigenvalue weighted by atomic mass is 32.1. The highest BCUT2D eigenvalue weighted by molar-refractivity contribution is 7.18. The predicted molar refractivity (Wildman–Crippen MR) is 99.4 cm³/mol. The summed E-state index contributed by atoms with van der Waals surface area (Å²) in [5.74, 6) is 0.244. The first kappa shape index (κ1) is 18.6. The van der Waals surface area contributed by atoms with Gasteiger partial charge in [-0.05, 0) is 24.3 Å². The van der Waals surface area contributed by atoms with Crippen molar-refractivity contribution in [2.75, 3.05) is 26.6 Å². The first-order valence-corrected chi connectivity index (χ1v) is 8.58. The van der Waals surface area contributed by atoms with Crippen LogP contribution < -0.4 is 19.5 Å². The molecule has 1 aromatic heterocycles. The number of nitrogens with one attached hydrogen (secondary N) is 1. The van der Waals surface area contributed by atoms with Crippen LogP contribution >= 0.6 is 11.3 Å². The third-order valence-electron chi connectivity index (χ3n) is 3.68. The zero-order chi connectivity index (χ0) is 19.4. The van der Waals surface area contributed by atoms with Crippen LogP contribution in [-0.2, 0) is 0 Å². The number of carbonyl (C=O) groups excluding carboxylic acids is 1. The van der Waals surface area contributed by atoms with E-state index >= 15 is 0 Å². The molecule has 0 saturated heterocycles. The molecule has 3 aromatic rings. The van der Waals surface area contributed by atoms with Crippen molar-refractivity contribution in [3.63, 3.8) is 0 Å². The molecule has 9 heteroatoms. The van der Waals surface area contributed by atoms with Crippen LogP contribution in [0.5, 0.6) is 17.2 Å². The predicted octanol–water partition coefficient (Wildman–Crippen LogP) is 3.62. The lowest BCUT2D eigenvalue weighted by atomic mass is 10.1. The Morgan fingerprint density at radius 3 is 2.30 bits per heavy atom. The second-order valence-electron chi connectivity index (χ2n) is 5.26. The number of rotatable bonds is 6. The van der Waals surface area contributed by atoms with E-state index in [0.717, 1.165) is 11.3 Å². The minimum Gasteiger partial charge on any atom is -0.493 e. The minimum absolute atomic E-state index is 0.243. The first-order chi connectivity index (χ1) is 13.1. The molecule has 0 spiro atoms. The van der Waals surface area contributed by atoms with Crippen LogP contribution in [0.4, 0.5) is 9.52 Å². The minimum atomic E-state index is -0.439. The second-order valence-corrected chi connectivity index (χ2v) is 6.24. The molecule has 1 amide bonds. The molecule has 1 N–H and O–H groups in total. The van der Waals surface area contributed by atoms with Gasteiger partial charge in [-0.2, -0.15) is 0 Å². The van der Waals surface area contributed by atoms with Gasteiger partial charge in [-0.25, -0.2) is 4.39 Å². The van der Waals surface area contributed by atoms with Crippen molar-refractivity contribution >= 4 is 22.4 Å². The average molecular weight is 389 g/mol. The summed E-state index contributed by atoms with van der Waals surface area (Å²) in [6.07, 6.45) is 0. The van der Waals surface area contributed by atoms with Gasteiger partial charge < -0.3 is 14.2 Å². The normalized spacial score (nSPS) is 10.4. The number of carbonyl (C=O) groups is 1. The van der Waals surface area contributed by atoms with Gasteiger partial charge in [0.2, 0.25) is 10.9 Å². The Kier molecular flexibility index (Phi) is 5.51. The smallest absolute Gasteiger partial charge is 0.257 e. The molecule has 1 heterocycles. The summed E-state index contributed by atoms with van der Waals surface area (Å²) in [6.45, 7) is 0. The number of hydrogen-bond donors (Lipinski definition) is 1. The third-order valence-corrected chi connectivity index (χ3v) is 4.55. The molecule has 0 bridgehead atoms. The Balaban J connectivity index is 1.85. The van der Waals surface area contributed by atoms with Crippen LogP contribution in [0.3, 0.4) is 0 Å². The molecule has 0 saturated carbocycles. The Bertz CT molecular complexity index is 952. The number of aromatic nitrogens is 2. The van der Waals surface area contributed by atoms with E-state index in [0.29, 0.717) is 27.8 Å². The van der Waals surface area contributed by atoms with Gasteiger partial charge in [-0.3, -0.25) is 10.1 Å². The van der Waals surface area contributed by atoms with E-state index in [4.69, 9.17) is 14.2 Å². The molecule has 0 fully saturated rings. The number of benzene rings is 2. The van der Waals surface area contributed by atoms with Crippen molar-refractivity contribution in [1.29, 1.82) is 0 Å². The van der Waals surface area contributed by atoms with Crippen LogP contribution in [-0.4, -0.2) is 37.4 Å². The second kappa shape index (κ2) is 8.00. The van der Waals surface area contributed by atoms with Crippen LogP contribution in [0.2, 0.25) is 0 Å². The van der Waals surface area contributed by atoms with E-state index in [1.165, 1.54) is 39.5 Å². The molecule has 0 radical (unpaired) electrons.